The summed E-state index contributed by atoms with van der Waals surface area (Å²) in [6, 6.07) is 20.4. The lowest BCUT2D eigenvalue weighted by Gasteiger charge is -2.22. The first kappa shape index (κ1) is 16.5. The van der Waals surface area contributed by atoms with Crippen molar-refractivity contribution in [2.24, 2.45) is 0 Å². The minimum absolute atomic E-state index is 0.0631. The summed E-state index contributed by atoms with van der Waals surface area (Å²) < 4.78 is 0. The van der Waals surface area contributed by atoms with E-state index in [0.717, 1.165) is 11.1 Å². The Balaban J connectivity index is 1.95. The van der Waals surface area contributed by atoms with Gasteiger partial charge < -0.3 is 16.4 Å². The lowest BCUT2D eigenvalue weighted by atomic mass is 9.99. The van der Waals surface area contributed by atoms with Gasteiger partial charge in [-0.15, -0.1) is 6.58 Å². The minimum Gasteiger partial charge on any atom is -0.393 e. The van der Waals surface area contributed by atoms with Crippen molar-refractivity contribution in [3.8, 4) is 0 Å². The maximum Gasteiger partial charge on any atom is 0.155 e. The van der Waals surface area contributed by atoms with Gasteiger partial charge in [-0.05, 0) is 11.1 Å². The summed E-state index contributed by atoms with van der Waals surface area (Å²) in [5, 5.41) is 6.58. The highest BCUT2D eigenvalue weighted by Gasteiger charge is 2.17. The van der Waals surface area contributed by atoms with E-state index < -0.39 is 0 Å². The van der Waals surface area contributed by atoms with Crippen molar-refractivity contribution >= 4 is 17.3 Å². The molecule has 5 heteroatoms. The third-order valence-corrected chi connectivity index (χ3v) is 3.84. The van der Waals surface area contributed by atoms with E-state index in [9.17, 15) is 0 Å². The van der Waals surface area contributed by atoms with Crippen LogP contribution in [0.3, 0.4) is 0 Å². The molecule has 0 radical (unpaired) electrons. The number of nitrogen functional groups attached to an aromatic ring is 1. The number of nitrogens with one attached hydrogen (secondary N) is 2. The van der Waals surface area contributed by atoms with Gasteiger partial charge in [0, 0.05) is 6.54 Å². The van der Waals surface area contributed by atoms with Gasteiger partial charge in [0.15, 0.2) is 11.6 Å². The van der Waals surface area contributed by atoms with Crippen LogP contribution in [0.2, 0.25) is 0 Å². The fourth-order valence-corrected chi connectivity index (χ4v) is 2.61. The number of benzene rings is 2. The second kappa shape index (κ2) is 7.97. The molecule has 0 fully saturated rings. The monoisotopic (exact) mass is 331 g/mol. The topological polar surface area (TPSA) is 75.9 Å². The van der Waals surface area contributed by atoms with Crippen molar-refractivity contribution < 1.29 is 0 Å². The van der Waals surface area contributed by atoms with Crippen LogP contribution in [0.5, 0.6) is 0 Å². The zero-order valence-electron chi connectivity index (χ0n) is 13.9. The van der Waals surface area contributed by atoms with Crippen molar-refractivity contribution in [1.29, 1.82) is 0 Å². The third kappa shape index (κ3) is 3.95. The first-order valence-electron chi connectivity index (χ1n) is 8.11. The van der Waals surface area contributed by atoms with Gasteiger partial charge in [-0.2, -0.15) is 0 Å². The normalized spacial score (nSPS) is 10.4. The summed E-state index contributed by atoms with van der Waals surface area (Å²) in [5.41, 5.74) is 9.00. The molecule has 0 spiro atoms. The summed E-state index contributed by atoms with van der Waals surface area (Å²) in [5.74, 6) is 1.19. The Morgan fingerprint density at radius 3 is 2.04 bits per heavy atom. The van der Waals surface area contributed by atoms with Crippen LogP contribution >= 0.6 is 0 Å². The molecular weight excluding hydrogens is 310 g/mol. The Hall–Kier alpha value is -3.34. The molecule has 1 heterocycles. The van der Waals surface area contributed by atoms with Crippen LogP contribution in [0.25, 0.3) is 0 Å². The first-order chi connectivity index (χ1) is 12.3. The van der Waals surface area contributed by atoms with Gasteiger partial charge in [-0.25, -0.2) is 9.97 Å². The standard InChI is InChI=1S/C20H21N5/c1-2-13-22-19-17(21)20(24-14-23-19)25-18(15-9-5-3-6-10-15)16-11-7-4-8-12-16/h2-12,14,18H,1,13,21H2,(H2,22,23,24,25). The van der Waals surface area contributed by atoms with Crippen LogP contribution in [0.1, 0.15) is 17.2 Å². The molecule has 0 aliphatic rings. The number of nitrogens with zero attached hydrogens (tertiary/aromatic N) is 2. The maximum atomic E-state index is 6.24. The quantitative estimate of drug-likeness (QED) is 0.573. The molecule has 25 heavy (non-hydrogen) atoms. The number of aromatic nitrogens is 2. The van der Waals surface area contributed by atoms with E-state index in [0.29, 0.717) is 23.9 Å². The predicted molar refractivity (Wildman–Crippen MR) is 103 cm³/mol. The van der Waals surface area contributed by atoms with Gasteiger partial charge in [0.25, 0.3) is 0 Å². The van der Waals surface area contributed by atoms with E-state index in [1.165, 1.54) is 6.33 Å². The number of nitrogens with two attached hydrogens (primary N) is 1. The van der Waals surface area contributed by atoms with Crippen LogP contribution in [-0.4, -0.2) is 16.5 Å². The molecule has 4 N–H and O–H groups in total. The second-order valence-electron chi connectivity index (χ2n) is 5.55. The average Bonchev–Trinajstić information content (AvgIpc) is 2.67. The van der Waals surface area contributed by atoms with Crippen molar-refractivity contribution in [1.82, 2.24) is 9.97 Å². The second-order valence-corrected chi connectivity index (χ2v) is 5.55. The van der Waals surface area contributed by atoms with E-state index in [2.05, 4.69) is 51.4 Å². The molecule has 5 nitrogen and oxygen atoms in total. The Morgan fingerprint density at radius 1 is 0.920 bits per heavy atom. The Labute approximate surface area is 147 Å². The minimum atomic E-state index is -0.0631. The van der Waals surface area contributed by atoms with Crippen LogP contribution in [-0.2, 0) is 0 Å². The predicted octanol–water partition coefficient (Wildman–Crippen LogP) is 3.86. The Bertz CT molecular complexity index is 779. The van der Waals surface area contributed by atoms with E-state index in [1.807, 2.05) is 36.4 Å². The van der Waals surface area contributed by atoms with Crippen LogP contribution in [0.4, 0.5) is 17.3 Å². The van der Waals surface area contributed by atoms with Gasteiger partial charge in [0.1, 0.15) is 12.0 Å². The van der Waals surface area contributed by atoms with E-state index >= 15 is 0 Å². The number of hydrogen-bond donors (Lipinski definition) is 3. The van der Waals surface area contributed by atoms with Gasteiger partial charge in [0.2, 0.25) is 0 Å². The number of rotatable bonds is 7. The van der Waals surface area contributed by atoms with Gasteiger partial charge in [-0.1, -0.05) is 66.7 Å². The molecule has 0 unspecified atom stereocenters. The molecular formula is C20H21N5. The lowest BCUT2D eigenvalue weighted by Crippen LogP contribution is -2.16. The molecule has 0 amide bonds. The molecule has 3 rings (SSSR count). The molecule has 1 aromatic heterocycles. The Kier molecular flexibility index (Phi) is 5.26. The summed E-state index contributed by atoms with van der Waals surface area (Å²) in [7, 11) is 0. The lowest BCUT2D eigenvalue weighted by molar-refractivity contribution is 0.923. The zero-order chi connectivity index (χ0) is 17.5. The molecule has 126 valence electrons. The SMILES string of the molecule is C=CCNc1ncnc(NC(c2ccccc2)c2ccccc2)c1N. The number of anilines is 3. The van der Waals surface area contributed by atoms with Gasteiger partial charge >= 0.3 is 0 Å². The van der Waals surface area contributed by atoms with Crippen molar-refractivity contribution in [2.75, 3.05) is 22.9 Å². The molecule has 2 aromatic carbocycles. The summed E-state index contributed by atoms with van der Waals surface area (Å²) in [6.07, 6.45) is 3.25. The highest BCUT2D eigenvalue weighted by molar-refractivity contribution is 5.74. The molecule has 0 aliphatic carbocycles. The van der Waals surface area contributed by atoms with Crippen molar-refractivity contribution in [3.63, 3.8) is 0 Å². The smallest absolute Gasteiger partial charge is 0.155 e. The molecule has 3 aromatic rings. The summed E-state index contributed by atoms with van der Waals surface area (Å²) >= 11 is 0. The largest absolute Gasteiger partial charge is 0.393 e. The van der Waals surface area contributed by atoms with Crippen LogP contribution in [0.15, 0.2) is 79.6 Å². The van der Waals surface area contributed by atoms with E-state index in [1.54, 1.807) is 6.08 Å². The summed E-state index contributed by atoms with van der Waals surface area (Å²) in [4.78, 5) is 8.52. The van der Waals surface area contributed by atoms with Crippen molar-refractivity contribution in [2.45, 2.75) is 6.04 Å². The fraction of sp³-hybridized carbons (Fsp3) is 0.100. The molecule has 0 atom stereocenters. The van der Waals surface area contributed by atoms with E-state index in [4.69, 9.17) is 5.73 Å². The van der Waals surface area contributed by atoms with Crippen LogP contribution in [0, 0.1) is 0 Å². The summed E-state index contributed by atoms with van der Waals surface area (Å²) in [6.45, 7) is 4.28. The van der Waals surface area contributed by atoms with Gasteiger partial charge in [0.05, 0.1) is 6.04 Å². The molecule has 0 saturated heterocycles. The highest BCUT2D eigenvalue weighted by Crippen LogP contribution is 2.30. The first-order valence-corrected chi connectivity index (χ1v) is 8.11. The molecule has 0 aliphatic heterocycles. The van der Waals surface area contributed by atoms with Crippen molar-refractivity contribution in [3.05, 3.63) is 90.8 Å². The molecule has 0 saturated carbocycles. The number of hydrogen-bond acceptors (Lipinski definition) is 5. The maximum absolute atomic E-state index is 6.24. The Morgan fingerprint density at radius 2 is 1.48 bits per heavy atom. The van der Waals surface area contributed by atoms with Crippen LogP contribution < -0.4 is 16.4 Å². The average molecular weight is 331 g/mol. The van der Waals surface area contributed by atoms with E-state index in [-0.39, 0.29) is 6.04 Å². The zero-order valence-corrected chi connectivity index (χ0v) is 13.9. The third-order valence-electron chi connectivity index (χ3n) is 3.84. The molecule has 0 bridgehead atoms. The highest BCUT2D eigenvalue weighted by atomic mass is 15.1. The van der Waals surface area contributed by atoms with Gasteiger partial charge in [-0.3, -0.25) is 0 Å². The fourth-order valence-electron chi connectivity index (χ4n) is 2.61.